The molecule has 1 heterocycles. The number of benzene rings is 1. The third-order valence-electron chi connectivity index (χ3n) is 3.32. The first kappa shape index (κ1) is 14.0. The van der Waals surface area contributed by atoms with E-state index in [1.54, 1.807) is 7.11 Å². The van der Waals surface area contributed by atoms with Crippen LogP contribution in [0.1, 0.15) is 6.92 Å². The highest BCUT2D eigenvalue weighted by Crippen LogP contribution is 2.29. The number of nitrogens with two attached hydrogens (primary N) is 1. The van der Waals surface area contributed by atoms with Gasteiger partial charge < -0.3 is 20.5 Å². The Labute approximate surface area is 114 Å². The highest BCUT2D eigenvalue weighted by Gasteiger charge is 2.14. The Morgan fingerprint density at radius 3 is 2.84 bits per heavy atom. The van der Waals surface area contributed by atoms with Crippen LogP contribution in [0.15, 0.2) is 18.2 Å². The van der Waals surface area contributed by atoms with Crippen LogP contribution in [0.5, 0.6) is 5.75 Å². The van der Waals surface area contributed by atoms with E-state index in [0.29, 0.717) is 17.5 Å². The van der Waals surface area contributed by atoms with Crippen molar-refractivity contribution < 1.29 is 9.47 Å². The maximum atomic E-state index is 6.05. The number of nitrogens with one attached hydrogen (secondary N) is 1. The number of anilines is 2. The van der Waals surface area contributed by atoms with E-state index in [9.17, 15) is 0 Å². The molecular formula is C14H23N3O2. The molecule has 5 nitrogen and oxygen atoms in total. The molecule has 1 saturated heterocycles. The van der Waals surface area contributed by atoms with E-state index >= 15 is 0 Å². The molecule has 3 N–H and O–H groups in total. The second kappa shape index (κ2) is 6.63. The average molecular weight is 265 g/mol. The zero-order valence-corrected chi connectivity index (χ0v) is 11.7. The van der Waals surface area contributed by atoms with Gasteiger partial charge >= 0.3 is 0 Å². The molecule has 1 atom stereocenters. The van der Waals surface area contributed by atoms with Crippen molar-refractivity contribution in [2.75, 3.05) is 51.0 Å². The zero-order chi connectivity index (χ0) is 13.7. The number of methoxy groups -OCH3 is 1. The Morgan fingerprint density at radius 1 is 1.42 bits per heavy atom. The maximum Gasteiger partial charge on any atom is 0.143 e. The first-order chi connectivity index (χ1) is 9.20. The van der Waals surface area contributed by atoms with Crippen LogP contribution >= 0.6 is 0 Å². The number of rotatable bonds is 5. The fourth-order valence-electron chi connectivity index (χ4n) is 2.33. The van der Waals surface area contributed by atoms with Gasteiger partial charge in [-0.1, -0.05) is 6.07 Å². The number of nitrogen functional groups attached to an aromatic ring is 1. The SMILES string of the molecule is COc1cccc(NC(C)CN2CCOCC2)c1N. The van der Waals surface area contributed by atoms with Gasteiger partial charge in [0.2, 0.25) is 0 Å². The Hall–Kier alpha value is -1.46. The van der Waals surface area contributed by atoms with E-state index < -0.39 is 0 Å². The van der Waals surface area contributed by atoms with Gasteiger partial charge in [-0.3, -0.25) is 4.90 Å². The quantitative estimate of drug-likeness (QED) is 0.788. The van der Waals surface area contributed by atoms with Crippen molar-refractivity contribution >= 4 is 11.4 Å². The van der Waals surface area contributed by atoms with Crippen LogP contribution < -0.4 is 15.8 Å². The highest BCUT2D eigenvalue weighted by molar-refractivity contribution is 5.73. The van der Waals surface area contributed by atoms with Gasteiger partial charge in [0, 0.05) is 25.7 Å². The number of para-hydroxylation sites is 1. The van der Waals surface area contributed by atoms with Gasteiger partial charge in [0.05, 0.1) is 31.7 Å². The van der Waals surface area contributed by atoms with Crippen LogP contribution in [0.2, 0.25) is 0 Å². The van der Waals surface area contributed by atoms with E-state index in [1.807, 2.05) is 18.2 Å². The minimum absolute atomic E-state index is 0.326. The summed E-state index contributed by atoms with van der Waals surface area (Å²) in [6, 6.07) is 6.12. The molecule has 106 valence electrons. The summed E-state index contributed by atoms with van der Waals surface area (Å²) >= 11 is 0. The summed E-state index contributed by atoms with van der Waals surface area (Å²) in [6.07, 6.45) is 0. The lowest BCUT2D eigenvalue weighted by Gasteiger charge is -2.30. The predicted octanol–water partition coefficient (Wildman–Crippen LogP) is 1.41. The van der Waals surface area contributed by atoms with Crippen molar-refractivity contribution in [3.63, 3.8) is 0 Å². The molecule has 0 amide bonds. The fraction of sp³-hybridized carbons (Fsp3) is 0.571. The van der Waals surface area contributed by atoms with Crippen molar-refractivity contribution in [1.29, 1.82) is 0 Å². The van der Waals surface area contributed by atoms with Crippen molar-refractivity contribution in [3.05, 3.63) is 18.2 Å². The standard InChI is InChI=1S/C14H23N3O2/c1-11(10-17-6-8-19-9-7-17)16-12-4-3-5-13(18-2)14(12)15/h3-5,11,16H,6-10,15H2,1-2H3. The first-order valence-electron chi connectivity index (χ1n) is 6.70. The molecule has 0 radical (unpaired) electrons. The largest absolute Gasteiger partial charge is 0.495 e. The summed E-state index contributed by atoms with van der Waals surface area (Å²) < 4.78 is 10.6. The maximum absolute atomic E-state index is 6.05. The lowest BCUT2D eigenvalue weighted by molar-refractivity contribution is 0.0368. The normalized spacial score (nSPS) is 18.0. The molecule has 0 saturated carbocycles. The summed E-state index contributed by atoms with van der Waals surface area (Å²) in [5.41, 5.74) is 7.65. The van der Waals surface area contributed by atoms with Crippen molar-refractivity contribution in [2.45, 2.75) is 13.0 Å². The van der Waals surface area contributed by atoms with Gasteiger partial charge in [-0.2, -0.15) is 0 Å². The second-order valence-electron chi connectivity index (χ2n) is 4.88. The van der Waals surface area contributed by atoms with Gasteiger partial charge in [-0.25, -0.2) is 0 Å². The summed E-state index contributed by atoms with van der Waals surface area (Å²) in [5.74, 6) is 0.712. The number of nitrogens with zero attached hydrogens (tertiary/aromatic N) is 1. The van der Waals surface area contributed by atoms with Gasteiger partial charge in [-0.05, 0) is 19.1 Å². The minimum atomic E-state index is 0.326. The third kappa shape index (κ3) is 3.75. The molecule has 1 unspecified atom stereocenters. The lowest BCUT2D eigenvalue weighted by atomic mass is 10.2. The van der Waals surface area contributed by atoms with Gasteiger partial charge in [0.15, 0.2) is 0 Å². The molecule has 1 fully saturated rings. The van der Waals surface area contributed by atoms with Crippen molar-refractivity contribution in [2.24, 2.45) is 0 Å². The number of hydrogen-bond donors (Lipinski definition) is 2. The van der Waals surface area contributed by atoms with Crippen molar-refractivity contribution in [3.8, 4) is 5.75 Å². The molecule has 0 aromatic heterocycles. The van der Waals surface area contributed by atoms with Crippen molar-refractivity contribution in [1.82, 2.24) is 4.90 Å². The van der Waals surface area contributed by atoms with Crippen LogP contribution in [0, 0.1) is 0 Å². The summed E-state index contributed by atoms with van der Waals surface area (Å²) in [7, 11) is 1.63. The number of ether oxygens (including phenoxy) is 2. The molecule has 0 bridgehead atoms. The summed E-state index contributed by atoms with van der Waals surface area (Å²) in [6.45, 7) is 6.80. The van der Waals surface area contributed by atoms with E-state index in [0.717, 1.165) is 38.5 Å². The topological polar surface area (TPSA) is 59.8 Å². The van der Waals surface area contributed by atoms with E-state index in [-0.39, 0.29) is 0 Å². The molecule has 1 aromatic carbocycles. The molecule has 1 aliphatic heterocycles. The molecule has 19 heavy (non-hydrogen) atoms. The Morgan fingerprint density at radius 2 is 2.16 bits per heavy atom. The predicted molar refractivity (Wildman–Crippen MR) is 77.8 cm³/mol. The average Bonchev–Trinajstić information content (AvgIpc) is 2.42. The Balaban J connectivity index is 1.92. The minimum Gasteiger partial charge on any atom is -0.495 e. The monoisotopic (exact) mass is 265 g/mol. The molecule has 0 aliphatic carbocycles. The van der Waals surface area contributed by atoms with Crippen LogP contribution in [0.4, 0.5) is 11.4 Å². The second-order valence-corrected chi connectivity index (χ2v) is 4.88. The summed E-state index contributed by atoms with van der Waals surface area (Å²) in [5, 5.41) is 3.44. The molecule has 2 rings (SSSR count). The third-order valence-corrected chi connectivity index (χ3v) is 3.32. The highest BCUT2D eigenvalue weighted by atomic mass is 16.5. The zero-order valence-electron chi connectivity index (χ0n) is 11.7. The smallest absolute Gasteiger partial charge is 0.143 e. The molecule has 5 heteroatoms. The van der Waals surface area contributed by atoms with Gasteiger partial charge in [0.1, 0.15) is 5.75 Å². The van der Waals surface area contributed by atoms with E-state index in [4.69, 9.17) is 15.2 Å². The van der Waals surface area contributed by atoms with Crippen LogP contribution in [-0.2, 0) is 4.74 Å². The van der Waals surface area contributed by atoms with Gasteiger partial charge in [0.25, 0.3) is 0 Å². The molecule has 1 aliphatic rings. The molecule has 1 aromatic rings. The molecule has 0 spiro atoms. The molecular weight excluding hydrogens is 242 g/mol. The number of morpholine rings is 1. The fourth-order valence-corrected chi connectivity index (χ4v) is 2.33. The summed E-state index contributed by atoms with van der Waals surface area (Å²) in [4.78, 5) is 2.40. The Bertz CT molecular complexity index is 406. The Kier molecular flexibility index (Phi) is 4.87. The first-order valence-corrected chi connectivity index (χ1v) is 6.70. The van der Waals surface area contributed by atoms with Crippen LogP contribution in [-0.4, -0.2) is 50.9 Å². The van der Waals surface area contributed by atoms with Gasteiger partial charge in [-0.15, -0.1) is 0 Å². The van der Waals surface area contributed by atoms with Crippen LogP contribution in [0.25, 0.3) is 0 Å². The lowest BCUT2D eigenvalue weighted by Crippen LogP contribution is -2.42. The van der Waals surface area contributed by atoms with Crippen LogP contribution in [0.3, 0.4) is 0 Å². The number of hydrogen-bond acceptors (Lipinski definition) is 5. The van der Waals surface area contributed by atoms with E-state index in [2.05, 4.69) is 17.1 Å². The van der Waals surface area contributed by atoms with E-state index in [1.165, 1.54) is 0 Å².